The summed E-state index contributed by atoms with van der Waals surface area (Å²) in [7, 11) is 0. The molecular weight excluding hydrogens is 190 g/mol. The van der Waals surface area contributed by atoms with E-state index >= 15 is 0 Å². The number of rotatable bonds is 5. The molecule has 0 fully saturated rings. The van der Waals surface area contributed by atoms with Crippen LogP contribution < -0.4 is 10.5 Å². The molecular formula is C12H15NO2. The fraction of sp³-hybridized carbons (Fsp3) is 0.333. The first kappa shape index (κ1) is 11.6. The van der Waals surface area contributed by atoms with Gasteiger partial charge >= 0.3 is 0 Å². The molecule has 1 aromatic carbocycles. The highest BCUT2D eigenvalue weighted by molar-refractivity contribution is 5.28. The van der Waals surface area contributed by atoms with Gasteiger partial charge in [-0.2, -0.15) is 0 Å². The Morgan fingerprint density at radius 1 is 1.40 bits per heavy atom. The van der Waals surface area contributed by atoms with Gasteiger partial charge < -0.3 is 15.6 Å². The molecule has 0 amide bonds. The Hall–Kier alpha value is -1.50. The van der Waals surface area contributed by atoms with Gasteiger partial charge in [-0.25, -0.2) is 0 Å². The van der Waals surface area contributed by atoms with Crippen LogP contribution in [0.15, 0.2) is 24.3 Å². The molecule has 0 aromatic heterocycles. The number of aliphatic hydroxyl groups is 1. The van der Waals surface area contributed by atoms with Crippen molar-refractivity contribution in [2.75, 3.05) is 13.2 Å². The maximum absolute atomic E-state index is 8.79. The highest BCUT2D eigenvalue weighted by Gasteiger charge is 2.02. The van der Waals surface area contributed by atoms with E-state index in [0.29, 0.717) is 6.42 Å². The Bertz CT molecular complexity index is 326. The van der Waals surface area contributed by atoms with E-state index in [-0.39, 0.29) is 19.3 Å². The van der Waals surface area contributed by atoms with Gasteiger partial charge in [-0.05, 0) is 24.1 Å². The molecule has 1 rings (SSSR count). The molecule has 3 N–H and O–H groups in total. The summed E-state index contributed by atoms with van der Waals surface area (Å²) in [5.41, 5.74) is 6.69. The van der Waals surface area contributed by atoms with Gasteiger partial charge in [0.15, 0.2) is 0 Å². The van der Waals surface area contributed by atoms with E-state index in [4.69, 9.17) is 22.0 Å². The lowest BCUT2D eigenvalue weighted by Crippen LogP contribution is -2.26. The van der Waals surface area contributed by atoms with Gasteiger partial charge in [0.25, 0.3) is 0 Å². The fourth-order valence-corrected chi connectivity index (χ4v) is 1.21. The van der Waals surface area contributed by atoms with Gasteiger partial charge in [-0.15, -0.1) is 6.42 Å². The molecule has 80 valence electrons. The van der Waals surface area contributed by atoms with Crippen LogP contribution in [-0.2, 0) is 6.42 Å². The highest BCUT2D eigenvalue weighted by Crippen LogP contribution is 2.12. The molecule has 0 aliphatic rings. The van der Waals surface area contributed by atoms with Crippen LogP contribution in [0.2, 0.25) is 0 Å². The maximum atomic E-state index is 8.79. The highest BCUT2D eigenvalue weighted by atomic mass is 16.5. The van der Waals surface area contributed by atoms with Crippen molar-refractivity contribution in [3.63, 3.8) is 0 Å². The van der Waals surface area contributed by atoms with E-state index in [1.54, 1.807) is 0 Å². The average Bonchev–Trinajstić information content (AvgIpc) is 2.28. The lowest BCUT2D eigenvalue weighted by Gasteiger charge is -2.08. The Morgan fingerprint density at radius 2 is 2.07 bits per heavy atom. The van der Waals surface area contributed by atoms with Crippen molar-refractivity contribution in [1.82, 2.24) is 0 Å². The lowest BCUT2D eigenvalue weighted by molar-refractivity contribution is 0.265. The van der Waals surface area contributed by atoms with Crippen LogP contribution >= 0.6 is 0 Å². The van der Waals surface area contributed by atoms with E-state index in [2.05, 4.69) is 5.92 Å². The van der Waals surface area contributed by atoms with Crippen LogP contribution in [0.3, 0.4) is 0 Å². The quantitative estimate of drug-likeness (QED) is 0.691. The lowest BCUT2D eigenvalue weighted by atomic mass is 10.1. The van der Waals surface area contributed by atoms with Crippen LogP contribution in [0, 0.1) is 12.3 Å². The number of hydrogen-bond acceptors (Lipinski definition) is 3. The van der Waals surface area contributed by atoms with Crippen molar-refractivity contribution >= 4 is 0 Å². The molecule has 0 unspecified atom stereocenters. The first-order valence-corrected chi connectivity index (χ1v) is 4.78. The second-order valence-corrected chi connectivity index (χ2v) is 3.28. The van der Waals surface area contributed by atoms with Crippen LogP contribution in [0.1, 0.15) is 5.56 Å². The Kier molecular flexibility index (Phi) is 4.69. The van der Waals surface area contributed by atoms with Crippen molar-refractivity contribution in [2.24, 2.45) is 5.73 Å². The smallest absolute Gasteiger partial charge is 0.148 e. The zero-order valence-corrected chi connectivity index (χ0v) is 8.52. The summed E-state index contributed by atoms with van der Waals surface area (Å²) in [5.74, 6) is 3.14. The monoisotopic (exact) mass is 205 g/mol. The maximum Gasteiger partial charge on any atom is 0.148 e. The van der Waals surface area contributed by atoms with Crippen LogP contribution in [0.4, 0.5) is 0 Å². The van der Waals surface area contributed by atoms with Crippen LogP contribution in [-0.4, -0.2) is 24.4 Å². The number of benzene rings is 1. The van der Waals surface area contributed by atoms with Crippen molar-refractivity contribution < 1.29 is 9.84 Å². The molecule has 0 saturated heterocycles. The zero-order chi connectivity index (χ0) is 11.1. The third kappa shape index (κ3) is 4.03. The van der Waals surface area contributed by atoms with E-state index < -0.39 is 0 Å². The predicted octanol–water partition coefficient (Wildman–Crippen LogP) is 0.561. The van der Waals surface area contributed by atoms with Gasteiger partial charge in [0.05, 0.1) is 6.61 Å². The number of hydrogen-bond donors (Lipinski definition) is 2. The van der Waals surface area contributed by atoms with Crippen LogP contribution in [0.25, 0.3) is 0 Å². The third-order valence-electron chi connectivity index (χ3n) is 1.98. The van der Waals surface area contributed by atoms with Gasteiger partial charge in [-0.1, -0.05) is 18.1 Å². The minimum absolute atomic E-state index is 0.00462. The Morgan fingerprint density at radius 3 is 2.60 bits per heavy atom. The standard InChI is InChI=1S/C12H15NO2/c1-2-7-15-12-5-3-10(4-6-12)8-11(13)9-14/h1,3-6,11,14H,7-9,13H2/t11-/m0/s1. The molecule has 3 heteroatoms. The second-order valence-electron chi connectivity index (χ2n) is 3.28. The molecule has 0 heterocycles. The van der Waals surface area contributed by atoms with E-state index in [1.165, 1.54) is 0 Å². The summed E-state index contributed by atoms with van der Waals surface area (Å²) in [6.07, 6.45) is 5.73. The molecule has 0 aliphatic carbocycles. The van der Waals surface area contributed by atoms with Crippen molar-refractivity contribution in [2.45, 2.75) is 12.5 Å². The van der Waals surface area contributed by atoms with Crippen molar-refractivity contribution in [3.05, 3.63) is 29.8 Å². The molecule has 0 bridgehead atoms. The first-order chi connectivity index (χ1) is 7.26. The minimum Gasteiger partial charge on any atom is -0.481 e. The van der Waals surface area contributed by atoms with E-state index in [1.807, 2.05) is 24.3 Å². The van der Waals surface area contributed by atoms with Gasteiger partial charge in [0.1, 0.15) is 12.4 Å². The summed E-state index contributed by atoms with van der Waals surface area (Å²) in [5, 5.41) is 8.79. The number of nitrogens with two attached hydrogens (primary N) is 1. The number of aliphatic hydroxyl groups excluding tert-OH is 1. The molecule has 0 aliphatic heterocycles. The van der Waals surface area contributed by atoms with E-state index in [9.17, 15) is 0 Å². The van der Waals surface area contributed by atoms with Gasteiger partial charge in [0, 0.05) is 6.04 Å². The zero-order valence-electron chi connectivity index (χ0n) is 8.52. The fourth-order valence-electron chi connectivity index (χ4n) is 1.21. The summed E-state index contributed by atoms with van der Waals surface area (Å²) >= 11 is 0. The first-order valence-electron chi connectivity index (χ1n) is 4.78. The molecule has 15 heavy (non-hydrogen) atoms. The number of terminal acetylenes is 1. The number of ether oxygens (including phenoxy) is 1. The third-order valence-corrected chi connectivity index (χ3v) is 1.98. The molecule has 1 aromatic rings. The molecule has 0 spiro atoms. The summed E-state index contributed by atoms with van der Waals surface area (Å²) in [6, 6.07) is 7.32. The second kappa shape index (κ2) is 6.07. The average molecular weight is 205 g/mol. The van der Waals surface area contributed by atoms with Crippen molar-refractivity contribution in [1.29, 1.82) is 0 Å². The summed E-state index contributed by atoms with van der Waals surface area (Å²) < 4.78 is 5.22. The van der Waals surface area contributed by atoms with Gasteiger partial charge in [0.2, 0.25) is 0 Å². The SMILES string of the molecule is C#CCOc1ccc(C[C@H](N)CO)cc1. The van der Waals surface area contributed by atoms with E-state index in [0.717, 1.165) is 11.3 Å². The topological polar surface area (TPSA) is 55.5 Å². The molecule has 0 saturated carbocycles. The molecule has 1 atom stereocenters. The summed E-state index contributed by atoms with van der Waals surface area (Å²) in [6.45, 7) is 0.269. The molecule has 0 radical (unpaired) electrons. The summed E-state index contributed by atoms with van der Waals surface area (Å²) in [4.78, 5) is 0. The van der Waals surface area contributed by atoms with Crippen LogP contribution in [0.5, 0.6) is 5.75 Å². The molecule has 3 nitrogen and oxygen atoms in total. The minimum atomic E-state index is -0.206. The largest absolute Gasteiger partial charge is 0.481 e. The van der Waals surface area contributed by atoms with Gasteiger partial charge in [-0.3, -0.25) is 0 Å². The predicted molar refractivity (Wildman–Crippen MR) is 59.5 cm³/mol. The van der Waals surface area contributed by atoms with Crippen molar-refractivity contribution in [3.8, 4) is 18.1 Å². The normalized spacial score (nSPS) is 11.8. The Labute approximate surface area is 89.9 Å². The Balaban J connectivity index is 2.53.